The van der Waals surface area contributed by atoms with E-state index in [9.17, 15) is 14.4 Å². The second-order valence-electron chi connectivity index (χ2n) is 8.74. The number of carbonyl (C=O) groups excluding carboxylic acids is 3. The highest BCUT2D eigenvalue weighted by Crippen LogP contribution is 2.41. The van der Waals surface area contributed by atoms with Crippen LogP contribution in [0.15, 0.2) is 60.0 Å². The number of hydrogen-bond acceptors (Lipinski definition) is 4. The normalized spacial score (nSPS) is 18.0. The fourth-order valence-electron chi connectivity index (χ4n) is 4.46. The summed E-state index contributed by atoms with van der Waals surface area (Å²) in [7, 11) is 0. The summed E-state index contributed by atoms with van der Waals surface area (Å²) in [6.07, 6.45) is 0.719. The molecule has 2 atom stereocenters. The predicted molar refractivity (Wildman–Crippen MR) is 136 cm³/mol. The van der Waals surface area contributed by atoms with Crippen LogP contribution in [0, 0.1) is 26.7 Å². The molecule has 3 amide bonds. The van der Waals surface area contributed by atoms with E-state index in [0.29, 0.717) is 6.42 Å². The summed E-state index contributed by atoms with van der Waals surface area (Å²) >= 11 is 1.53. The van der Waals surface area contributed by atoms with E-state index in [4.69, 9.17) is 0 Å². The van der Waals surface area contributed by atoms with E-state index in [1.54, 1.807) is 4.90 Å². The molecular weight excluding hydrogens is 446 g/mol. The first-order valence-corrected chi connectivity index (χ1v) is 12.3. The molecule has 1 aromatic heterocycles. The lowest BCUT2D eigenvalue weighted by atomic mass is 9.86. The maximum Gasteiger partial charge on any atom is 0.243 e. The maximum atomic E-state index is 13.3. The Kier molecular flexibility index (Phi) is 7.12. The SMILES string of the molecule is Cc1ccc(N2C(=O)CCC(C(=O)NCC(=O)Nc3c(C)cccc3C)C2c2cccs2)cc1. The average Bonchev–Trinajstić information content (AvgIpc) is 3.35. The zero-order valence-electron chi connectivity index (χ0n) is 19.6. The molecule has 34 heavy (non-hydrogen) atoms. The number of amides is 3. The van der Waals surface area contributed by atoms with Crippen LogP contribution in [0.3, 0.4) is 0 Å². The van der Waals surface area contributed by atoms with Crippen LogP contribution in [0.4, 0.5) is 11.4 Å². The summed E-state index contributed by atoms with van der Waals surface area (Å²) in [6, 6.07) is 17.1. The van der Waals surface area contributed by atoms with Crippen molar-refractivity contribution in [2.24, 2.45) is 5.92 Å². The molecule has 0 aliphatic carbocycles. The number of benzene rings is 2. The van der Waals surface area contributed by atoms with Gasteiger partial charge in [0.25, 0.3) is 0 Å². The minimum Gasteiger partial charge on any atom is -0.347 e. The second-order valence-corrected chi connectivity index (χ2v) is 9.72. The smallest absolute Gasteiger partial charge is 0.243 e. The molecule has 176 valence electrons. The molecule has 7 heteroatoms. The number of thiophene rings is 1. The van der Waals surface area contributed by atoms with Gasteiger partial charge in [0.15, 0.2) is 0 Å². The van der Waals surface area contributed by atoms with Crippen LogP contribution in [0.25, 0.3) is 0 Å². The number of para-hydroxylation sites is 1. The number of aryl methyl sites for hydroxylation is 3. The molecule has 2 heterocycles. The van der Waals surface area contributed by atoms with Gasteiger partial charge in [0.1, 0.15) is 0 Å². The topological polar surface area (TPSA) is 78.5 Å². The fourth-order valence-corrected chi connectivity index (χ4v) is 5.34. The lowest BCUT2D eigenvalue weighted by molar-refractivity contribution is -0.130. The van der Waals surface area contributed by atoms with Gasteiger partial charge in [-0.25, -0.2) is 0 Å². The van der Waals surface area contributed by atoms with Gasteiger partial charge in [-0.05, 0) is 61.9 Å². The summed E-state index contributed by atoms with van der Waals surface area (Å²) in [4.78, 5) is 41.6. The monoisotopic (exact) mass is 475 g/mol. The van der Waals surface area contributed by atoms with Crippen molar-refractivity contribution in [3.05, 3.63) is 81.5 Å². The van der Waals surface area contributed by atoms with Gasteiger partial charge in [-0.1, -0.05) is 42.0 Å². The first-order valence-electron chi connectivity index (χ1n) is 11.4. The van der Waals surface area contributed by atoms with Crippen molar-refractivity contribution < 1.29 is 14.4 Å². The largest absolute Gasteiger partial charge is 0.347 e. The minimum atomic E-state index is -0.453. The number of carbonyl (C=O) groups is 3. The van der Waals surface area contributed by atoms with E-state index >= 15 is 0 Å². The Labute approximate surface area is 204 Å². The maximum absolute atomic E-state index is 13.3. The molecule has 0 radical (unpaired) electrons. The Hall–Kier alpha value is -3.45. The summed E-state index contributed by atoms with van der Waals surface area (Å²) in [6.45, 7) is 5.74. The van der Waals surface area contributed by atoms with Gasteiger partial charge >= 0.3 is 0 Å². The number of nitrogens with one attached hydrogen (secondary N) is 2. The number of nitrogens with zero attached hydrogens (tertiary/aromatic N) is 1. The van der Waals surface area contributed by atoms with Gasteiger partial charge in [-0.15, -0.1) is 11.3 Å². The second kappa shape index (κ2) is 10.2. The van der Waals surface area contributed by atoms with Crippen LogP contribution < -0.4 is 15.5 Å². The third kappa shape index (κ3) is 5.04. The first kappa shape index (κ1) is 23.7. The Morgan fingerprint density at radius 3 is 2.35 bits per heavy atom. The molecule has 0 bridgehead atoms. The quantitative estimate of drug-likeness (QED) is 0.532. The van der Waals surface area contributed by atoms with Crippen molar-refractivity contribution in [2.45, 2.75) is 39.7 Å². The number of rotatable bonds is 6. The van der Waals surface area contributed by atoms with Crippen molar-refractivity contribution in [1.82, 2.24) is 5.32 Å². The zero-order valence-corrected chi connectivity index (χ0v) is 20.4. The molecule has 2 unspecified atom stereocenters. The Morgan fingerprint density at radius 1 is 1.00 bits per heavy atom. The Bertz CT molecular complexity index is 1170. The molecule has 1 aliphatic heterocycles. The van der Waals surface area contributed by atoms with Crippen molar-refractivity contribution in [3.63, 3.8) is 0 Å². The first-order chi connectivity index (χ1) is 16.3. The number of anilines is 2. The molecule has 0 spiro atoms. The minimum absolute atomic E-state index is 0.000857. The van der Waals surface area contributed by atoms with E-state index in [-0.39, 0.29) is 30.7 Å². The average molecular weight is 476 g/mol. The molecule has 6 nitrogen and oxygen atoms in total. The fraction of sp³-hybridized carbons (Fsp3) is 0.296. The van der Waals surface area contributed by atoms with Gasteiger partial charge in [-0.3, -0.25) is 14.4 Å². The molecule has 4 rings (SSSR count). The number of piperidine rings is 1. The molecule has 0 saturated carbocycles. The highest BCUT2D eigenvalue weighted by molar-refractivity contribution is 7.10. The third-order valence-electron chi connectivity index (χ3n) is 6.25. The van der Waals surface area contributed by atoms with Gasteiger partial charge in [0.2, 0.25) is 17.7 Å². The summed E-state index contributed by atoms with van der Waals surface area (Å²) in [5, 5.41) is 7.67. The van der Waals surface area contributed by atoms with Crippen LogP contribution in [-0.2, 0) is 14.4 Å². The van der Waals surface area contributed by atoms with Crippen molar-refractivity contribution in [2.75, 3.05) is 16.8 Å². The molecule has 2 N–H and O–H groups in total. The lowest BCUT2D eigenvalue weighted by Gasteiger charge is -2.40. The zero-order chi connectivity index (χ0) is 24.2. The van der Waals surface area contributed by atoms with E-state index < -0.39 is 12.0 Å². The predicted octanol–water partition coefficient (Wildman–Crippen LogP) is 4.91. The highest BCUT2D eigenvalue weighted by Gasteiger charge is 2.42. The molecule has 1 aliphatic rings. The third-order valence-corrected chi connectivity index (χ3v) is 7.19. The molecule has 2 aromatic carbocycles. The molecule has 1 saturated heterocycles. The summed E-state index contributed by atoms with van der Waals surface area (Å²) in [5.41, 5.74) is 4.59. The van der Waals surface area contributed by atoms with Crippen LogP contribution in [-0.4, -0.2) is 24.3 Å². The van der Waals surface area contributed by atoms with E-state index in [1.807, 2.05) is 80.7 Å². The van der Waals surface area contributed by atoms with Crippen molar-refractivity contribution in [3.8, 4) is 0 Å². The standard InChI is InChI=1S/C27H29N3O3S/c1-17-9-11-20(12-10-17)30-24(32)14-13-21(26(30)22-8-5-15-34-22)27(33)28-16-23(31)29-25-18(2)6-4-7-19(25)3/h4-12,15,21,26H,13-14,16H2,1-3H3,(H,28,33)(H,29,31). The molecule has 3 aromatic rings. The summed E-state index contributed by atoms with van der Waals surface area (Å²) in [5.74, 6) is -0.954. The Morgan fingerprint density at radius 2 is 1.71 bits per heavy atom. The van der Waals surface area contributed by atoms with Crippen LogP contribution in [0.1, 0.15) is 40.5 Å². The Balaban J connectivity index is 1.52. The van der Waals surface area contributed by atoms with Crippen LogP contribution in [0.5, 0.6) is 0 Å². The van der Waals surface area contributed by atoms with Crippen LogP contribution >= 0.6 is 11.3 Å². The summed E-state index contributed by atoms with van der Waals surface area (Å²) < 4.78 is 0. The van der Waals surface area contributed by atoms with Gasteiger partial charge in [0, 0.05) is 22.7 Å². The molecular formula is C27H29N3O3S. The molecule has 1 fully saturated rings. The van der Waals surface area contributed by atoms with E-state index in [1.165, 1.54) is 11.3 Å². The van der Waals surface area contributed by atoms with Gasteiger partial charge in [-0.2, -0.15) is 0 Å². The van der Waals surface area contributed by atoms with Crippen LogP contribution in [0.2, 0.25) is 0 Å². The highest BCUT2D eigenvalue weighted by atomic mass is 32.1. The van der Waals surface area contributed by atoms with E-state index in [2.05, 4.69) is 10.6 Å². The number of hydrogen-bond donors (Lipinski definition) is 2. The van der Waals surface area contributed by atoms with Gasteiger partial charge < -0.3 is 15.5 Å². The van der Waals surface area contributed by atoms with Gasteiger partial charge in [0.05, 0.1) is 18.5 Å². The van der Waals surface area contributed by atoms with Crippen molar-refractivity contribution in [1.29, 1.82) is 0 Å². The lowest BCUT2D eigenvalue weighted by Crippen LogP contribution is -2.49. The van der Waals surface area contributed by atoms with Crippen molar-refractivity contribution >= 4 is 40.4 Å². The van der Waals surface area contributed by atoms with E-state index in [0.717, 1.165) is 32.9 Å².